The molecule has 0 spiro atoms. The number of ether oxygens (including phenoxy) is 1. The number of aryl methyl sites for hydroxylation is 1. The van der Waals surface area contributed by atoms with Crippen molar-refractivity contribution in [3.8, 4) is 5.75 Å². The fourth-order valence-corrected chi connectivity index (χ4v) is 4.97. The van der Waals surface area contributed by atoms with Crippen molar-refractivity contribution in [2.75, 3.05) is 26.7 Å². The number of rotatable bonds is 7. The molecular formula is C26H31N4O3+. The third-order valence-corrected chi connectivity index (χ3v) is 6.88. The van der Waals surface area contributed by atoms with E-state index in [-0.39, 0.29) is 5.91 Å². The largest absolute Gasteiger partial charge is 0.496 e. The van der Waals surface area contributed by atoms with Crippen LogP contribution < -0.4 is 15.2 Å². The molecule has 2 aromatic heterocycles. The molecule has 1 aliphatic heterocycles. The Morgan fingerprint density at radius 1 is 1.18 bits per heavy atom. The van der Waals surface area contributed by atoms with Gasteiger partial charge in [0.1, 0.15) is 5.75 Å². The number of carbonyl (C=O) groups is 1. The van der Waals surface area contributed by atoms with Crippen molar-refractivity contribution in [2.24, 2.45) is 5.73 Å². The predicted molar refractivity (Wildman–Crippen MR) is 128 cm³/mol. The van der Waals surface area contributed by atoms with Gasteiger partial charge >= 0.3 is 0 Å². The highest BCUT2D eigenvalue weighted by Crippen LogP contribution is 2.30. The van der Waals surface area contributed by atoms with Gasteiger partial charge in [-0.25, -0.2) is 4.52 Å². The zero-order valence-electron chi connectivity index (χ0n) is 19.3. The fourth-order valence-electron chi connectivity index (χ4n) is 4.97. The first-order chi connectivity index (χ1) is 16.1. The number of fused-ring (bicyclic) bond motifs is 2. The average Bonchev–Trinajstić information content (AvgIpc) is 3.45. The summed E-state index contributed by atoms with van der Waals surface area (Å²) in [5, 5.41) is 2.26. The number of hydrogen-bond donors (Lipinski definition) is 1. The molecular weight excluding hydrogens is 416 g/mol. The van der Waals surface area contributed by atoms with Gasteiger partial charge in [-0.3, -0.25) is 4.79 Å². The Morgan fingerprint density at radius 3 is 2.73 bits per heavy atom. The zero-order valence-corrected chi connectivity index (χ0v) is 19.3. The first-order valence-electron chi connectivity index (χ1n) is 11.7. The first-order valence-corrected chi connectivity index (χ1v) is 11.7. The van der Waals surface area contributed by atoms with Gasteiger partial charge < -0.3 is 19.9 Å². The Balaban J connectivity index is 1.25. The van der Waals surface area contributed by atoms with Crippen molar-refractivity contribution in [2.45, 2.75) is 38.8 Å². The van der Waals surface area contributed by atoms with Gasteiger partial charge in [-0.05, 0) is 66.1 Å². The van der Waals surface area contributed by atoms with E-state index in [1.54, 1.807) is 13.2 Å². The van der Waals surface area contributed by atoms with Crippen LogP contribution in [0, 0.1) is 0 Å². The fraction of sp³-hybridized carbons (Fsp3) is 0.385. The van der Waals surface area contributed by atoms with E-state index in [4.69, 9.17) is 15.0 Å². The maximum Gasteiger partial charge on any atom is 0.248 e. The van der Waals surface area contributed by atoms with Crippen molar-refractivity contribution in [3.05, 3.63) is 59.9 Å². The quantitative estimate of drug-likeness (QED) is 0.439. The van der Waals surface area contributed by atoms with Gasteiger partial charge in [0.2, 0.25) is 17.7 Å². The molecule has 1 aliphatic rings. The molecule has 0 radical (unpaired) electrons. The van der Waals surface area contributed by atoms with Crippen molar-refractivity contribution in [3.63, 3.8) is 0 Å². The number of piperidine rings is 1. The number of benzene rings is 2. The summed E-state index contributed by atoms with van der Waals surface area (Å²) in [7, 11) is 1.72. The van der Waals surface area contributed by atoms with E-state index in [9.17, 15) is 4.79 Å². The van der Waals surface area contributed by atoms with Gasteiger partial charge in [0.15, 0.2) is 6.54 Å². The molecule has 3 heterocycles. The molecule has 0 saturated carbocycles. The summed E-state index contributed by atoms with van der Waals surface area (Å²) in [4.78, 5) is 14.1. The summed E-state index contributed by atoms with van der Waals surface area (Å²) in [6.07, 6.45) is 7.30. The second-order valence-electron chi connectivity index (χ2n) is 8.84. The number of nitrogens with two attached hydrogens (primary N) is 1. The molecule has 0 unspecified atom stereocenters. The SMILES string of the molecule is CC[n+]1cc2cc(CCN3CCC(n4ccc5ccc(C(N)=O)cc54)CC3)c(OC)cc2o1. The van der Waals surface area contributed by atoms with E-state index >= 15 is 0 Å². The van der Waals surface area contributed by atoms with Crippen LogP contribution in [0.1, 0.15) is 41.7 Å². The monoisotopic (exact) mass is 447 g/mol. The Morgan fingerprint density at radius 2 is 2.00 bits per heavy atom. The lowest BCUT2D eigenvalue weighted by molar-refractivity contribution is -0.857. The Hall–Kier alpha value is -3.32. The van der Waals surface area contributed by atoms with Gasteiger partial charge in [-0.1, -0.05) is 6.07 Å². The molecule has 2 aromatic carbocycles. The maximum atomic E-state index is 11.6. The van der Waals surface area contributed by atoms with Crippen LogP contribution in [-0.4, -0.2) is 42.1 Å². The normalized spacial score (nSPS) is 15.5. The van der Waals surface area contributed by atoms with Gasteiger partial charge in [-0.15, -0.1) is 0 Å². The van der Waals surface area contributed by atoms with Crippen LogP contribution >= 0.6 is 0 Å². The van der Waals surface area contributed by atoms with Crippen LogP contribution in [-0.2, 0) is 13.0 Å². The van der Waals surface area contributed by atoms with Crippen molar-refractivity contribution in [1.29, 1.82) is 0 Å². The van der Waals surface area contributed by atoms with Crippen molar-refractivity contribution >= 4 is 27.8 Å². The van der Waals surface area contributed by atoms with Gasteiger partial charge in [-0.2, -0.15) is 0 Å². The van der Waals surface area contributed by atoms with Crippen LogP contribution in [0.15, 0.2) is 53.3 Å². The van der Waals surface area contributed by atoms with Crippen LogP contribution in [0.3, 0.4) is 0 Å². The standard InChI is InChI=1S/C26H30N4O3/c1-3-29-17-21-14-19(24(32-2)16-25(21)33-29)6-10-28-11-8-22(9-12-28)30-13-7-18-4-5-20(26(27)31)15-23(18)30/h4-5,7,13-17,22H,3,6,8-12H2,1-2H3,(H-,27,31)/p+1. The molecule has 0 bridgehead atoms. The minimum absolute atomic E-state index is 0.381. The molecule has 1 amide bonds. The number of primary amides is 1. The minimum atomic E-state index is -0.381. The number of methoxy groups -OCH3 is 1. The Bertz CT molecular complexity index is 1300. The highest BCUT2D eigenvalue weighted by molar-refractivity contribution is 5.97. The lowest BCUT2D eigenvalue weighted by Crippen LogP contribution is -2.35. The number of aromatic nitrogens is 2. The molecule has 0 atom stereocenters. The summed E-state index contributed by atoms with van der Waals surface area (Å²) in [5.41, 5.74) is 9.22. The Kier molecular flexibility index (Phi) is 5.81. The van der Waals surface area contributed by atoms with Gasteiger partial charge in [0.05, 0.1) is 12.5 Å². The van der Waals surface area contributed by atoms with E-state index in [1.807, 2.05) is 22.9 Å². The third-order valence-electron chi connectivity index (χ3n) is 6.88. The second-order valence-corrected chi connectivity index (χ2v) is 8.84. The number of carbonyl (C=O) groups excluding carboxylic acids is 1. The molecule has 172 valence electrons. The average molecular weight is 448 g/mol. The molecule has 0 aliphatic carbocycles. The van der Waals surface area contributed by atoms with Crippen molar-refractivity contribution < 1.29 is 18.8 Å². The lowest BCUT2D eigenvalue weighted by Gasteiger charge is -2.33. The highest BCUT2D eigenvalue weighted by atomic mass is 16.5. The molecule has 7 nitrogen and oxygen atoms in total. The number of hydrogen-bond acceptors (Lipinski definition) is 4. The maximum absolute atomic E-state index is 11.6. The Labute approximate surface area is 193 Å². The van der Waals surface area contributed by atoms with Crippen LogP contribution in [0.25, 0.3) is 21.9 Å². The molecule has 1 fully saturated rings. The number of amides is 1. The molecule has 2 N–H and O–H groups in total. The highest BCUT2D eigenvalue weighted by Gasteiger charge is 2.22. The second kappa shape index (κ2) is 8.90. The van der Waals surface area contributed by atoms with E-state index in [0.29, 0.717) is 11.6 Å². The number of nitrogens with zero attached hydrogens (tertiary/aromatic N) is 3. The zero-order chi connectivity index (χ0) is 22.9. The summed E-state index contributed by atoms with van der Waals surface area (Å²) < 4.78 is 15.6. The third kappa shape index (κ3) is 4.20. The lowest BCUT2D eigenvalue weighted by atomic mass is 10.0. The summed E-state index contributed by atoms with van der Waals surface area (Å²) >= 11 is 0. The van der Waals surface area contributed by atoms with E-state index in [0.717, 1.165) is 73.1 Å². The molecule has 7 heteroatoms. The molecule has 5 rings (SSSR count). The summed E-state index contributed by atoms with van der Waals surface area (Å²) in [5.74, 6) is 0.507. The van der Waals surface area contributed by atoms with Crippen LogP contribution in [0.4, 0.5) is 0 Å². The van der Waals surface area contributed by atoms with E-state index in [1.165, 1.54) is 5.56 Å². The first kappa shape index (κ1) is 21.5. The van der Waals surface area contributed by atoms with Crippen LogP contribution in [0.5, 0.6) is 5.75 Å². The summed E-state index contributed by atoms with van der Waals surface area (Å²) in [6, 6.07) is 12.4. The number of likely N-dealkylation sites (tertiary alicyclic amines) is 1. The van der Waals surface area contributed by atoms with Gasteiger partial charge in [0, 0.05) is 49.0 Å². The van der Waals surface area contributed by atoms with E-state index < -0.39 is 0 Å². The molecule has 4 aromatic rings. The summed E-state index contributed by atoms with van der Waals surface area (Å²) in [6.45, 7) is 5.97. The van der Waals surface area contributed by atoms with E-state index in [2.05, 4.69) is 40.9 Å². The molecule has 33 heavy (non-hydrogen) atoms. The topological polar surface area (TPSA) is 77.5 Å². The van der Waals surface area contributed by atoms with Crippen molar-refractivity contribution in [1.82, 2.24) is 9.47 Å². The molecule has 1 saturated heterocycles. The minimum Gasteiger partial charge on any atom is -0.496 e. The smallest absolute Gasteiger partial charge is 0.248 e. The van der Waals surface area contributed by atoms with Crippen LogP contribution in [0.2, 0.25) is 0 Å². The predicted octanol–water partition coefficient (Wildman–Crippen LogP) is 3.68. The van der Waals surface area contributed by atoms with Gasteiger partial charge in [0.25, 0.3) is 0 Å².